The standard InChI is InChI=1S/C21H27N5OS/c1-4-12-25-20(18-8-10-22-11-9-18)23-26(21(25)28)16-24(3)13-14-27-19-7-5-6-17(2)15-19/h5-11,15H,4,12-14,16H2,1-3H3. The predicted octanol–water partition coefficient (Wildman–Crippen LogP) is 4.16. The van der Waals surface area contributed by atoms with Crippen LogP contribution in [0.1, 0.15) is 18.9 Å². The summed E-state index contributed by atoms with van der Waals surface area (Å²) in [5.41, 5.74) is 2.22. The number of hydrogen-bond acceptors (Lipinski definition) is 5. The van der Waals surface area contributed by atoms with E-state index in [4.69, 9.17) is 22.1 Å². The second-order valence-corrected chi connectivity index (χ2v) is 7.24. The molecule has 0 saturated heterocycles. The molecular weight excluding hydrogens is 370 g/mol. The van der Waals surface area contributed by atoms with Gasteiger partial charge in [-0.1, -0.05) is 19.1 Å². The smallest absolute Gasteiger partial charge is 0.199 e. The lowest BCUT2D eigenvalue weighted by atomic mass is 10.2. The molecule has 0 aliphatic carbocycles. The molecule has 2 aromatic heterocycles. The van der Waals surface area contributed by atoms with Crippen LogP contribution in [-0.2, 0) is 13.2 Å². The fourth-order valence-electron chi connectivity index (χ4n) is 3.00. The van der Waals surface area contributed by atoms with E-state index < -0.39 is 0 Å². The van der Waals surface area contributed by atoms with Crippen LogP contribution in [-0.4, -0.2) is 44.4 Å². The molecule has 3 rings (SSSR count). The Hall–Kier alpha value is -2.51. The molecule has 0 fully saturated rings. The van der Waals surface area contributed by atoms with E-state index in [1.54, 1.807) is 12.4 Å². The van der Waals surface area contributed by atoms with Crippen LogP contribution in [0.2, 0.25) is 0 Å². The number of benzene rings is 1. The number of nitrogens with zero attached hydrogens (tertiary/aromatic N) is 5. The van der Waals surface area contributed by atoms with Gasteiger partial charge in [-0.2, -0.15) is 5.10 Å². The fourth-order valence-corrected chi connectivity index (χ4v) is 3.27. The monoisotopic (exact) mass is 397 g/mol. The lowest BCUT2D eigenvalue weighted by Crippen LogP contribution is -2.27. The lowest BCUT2D eigenvalue weighted by Gasteiger charge is -2.16. The van der Waals surface area contributed by atoms with Gasteiger partial charge >= 0.3 is 0 Å². The normalized spacial score (nSPS) is 11.1. The Morgan fingerprint density at radius 3 is 2.68 bits per heavy atom. The van der Waals surface area contributed by atoms with Gasteiger partial charge < -0.3 is 4.74 Å². The topological polar surface area (TPSA) is 48.1 Å². The largest absolute Gasteiger partial charge is 0.492 e. The second-order valence-electron chi connectivity index (χ2n) is 6.88. The average Bonchev–Trinajstić information content (AvgIpc) is 2.99. The third kappa shape index (κ3) is 5.05. The van der Waals surface area contributed by atoms with Crippen LogP contribution in [0.15, 0.2) is 48.8 Å². The molecule has 0 atom stereocenters. The maximum Gasteiger partial charge on any atom is 0.199 e. The highest BCUT2D eigenvalue weighted by molar-refractivity contribution is 7.71. The van der Waals surface area contributed by atoms with Crippen molar-refractivity contribution in [2.45, 2.75) is 33.5 Å². The molecule has 0 bridgehead atoms. The predicted molar refractivity (Wildman–Crippen MR) is 114 cm³/mol. The summed E-state index contributed by atoms with van der Waals surface area (Å²) in [5, 5.41) is 4.78. The number of likely N-dealkylation sites (N-methyl/N-ethyl adjacent to an activating group) is 1. The molecule has 2 heterocycles. The first kappa shape index (κ1) is 20.2. The molecular formula is C21H27N5OS. The molecule has 0 unspecified atom stereocenters. The van der Waals surface area contributed by atoms with Crippen molar-refractivity contribution in [2.24, 2.45) is 0 Å². The van der Waals surface area contributed by atoms with Crippen molar-refractivity contribution in [2.75, 3.05) is 20.2 Å². The Morgan fingerprint density at radius 1 is 1.18 bits per heavy atom. The van der Waals surface area contributed by atoms with E-state index >= 15 is 0 Å². The summed E-state index contributed by atoms with van der Waals surface area (Å²) in [4.78, 5) is 6.25. The van der Waals surface area contributed by atoms with Crippen molar-refractivity contribution in [3.8, 4) is 17.1 Å². The van der Waals surface area contributed by atoms with E-state index in [-0.39, 0.29) is 0 Å². The summed E-state index contributed by atoms with van der Waals surface area (Å²) in [7, 11) is 2.05. The SMILES string of the molecule is CCCn1c(-c2ccncc2)nn(CN(C)CCOc2cccc(C)c2)c1=S. The number of aromatic nitrogens is 4. The molecule has 0 aliphatic rings. The molecule has 0 N–H and O–H groups in total. The minimum atomic E-state index is 0.611. The maximum absolute atomic E-state index is 5.85. The van der Waals surface area contributed by atoms with Crippen LogP contribution < -0.4 is 4.74 Å². The van der Waals surface area contributed by atoms with Crippen LogP contribution >= 0.6 is 12.2 Å². The third-order valence-electron chi connectivity index (χ3n) is 4.42. The average molecular weight is 398 g/mol. The van der Waals surface area contributed by atoms with Gasteiger partial charge in [-0.3, -0.25) is 14.5 Å². The van der Waals surface area contributed by atoms with Crippen molar-refractivity contribution in [1.29, 1.82) is 0 Å². The van der Waals surface area contributed by atoms with Gasteiger partial charge in [0.1, 0.15) is 12.4 Å². The van der Waals surface area contributed by atoms with E-state index in [2.05, 4.69) is 34.4 Å². The molecule has 7 heteroatoms. The highest BCUT2D eigenvalue weighted by Gasteiger charge is 2.13. The van der Waals surface area contributed by atoms with E-state index in [0.717, 1.165) is 41.4 Å². The fraction of sp³-hybridized carbons (Fsp3) is 0.381. The highest BCUT2D eigenvalue weighted by Crippen LogP contribution is 2.18. The molecule has 1 aromatic carbocycles. The van der Waals surface area contributed by atoms with Crippen LogP contribution in [0.5, 0.6) is 5.75 Å². The first-order valence-electron chi connectivity index (χ1n) is 9.54. The molecule has 0 radical (unpaired) electrons. The van der Waals surface area contributed by atoms with Gasteiger partial charge in [0.25, 0.3) is 0 Å². The number of pyridine rings is 1. The lowest BCUT2D eigenvalue weighted by molar-refractivity contribution is 0.197. The summed E-state index contributed by atoms with van der Waals surface area (Å²) < 4.78 is 10.6. The van der Waals surface area contributed by atoms with Gasteiger partial charge in [0.15, 0.2) is 10.6 Å². The van der Waals surface area contributed by atoms with Crippen molar-refractivity contribution in [3.05, 3.63) is 59.1 Å². The van der Waals surface area contributed by atoms with Crippen LogP contribution in [0, 0.1) is 11.7 Å². The van der Waals surface area contributed by atoms with Gasteiger partial charge in [0, 0.05) is 31.0 Å². The van der Waals surface area contributed by atoms with Crippen molar-refractivity contribution in [1.82, 2.24) is 24.2 Å². The molecule has 0 aliphatic heterocycles. The van der Waals surface area contributed by atoms with Crippen LogP contribution in [0.3, 0.4) is 0 Å². The number of aryl methyl sites for hydroxylation is 1. The van der Waals surface area contributed by atoms with Crippen molar-refractivity contribution in [3.63, 3.8) is 0 Å². The minimum absolute atomic E-state index is 0.611. The van der Waals surface area contributed by atoms with Crippen LogP contribution in [0.4, 0.5) is 0 Å². The van der Waals surface area contributed by atoms with Gasteiger partial charge in [0.2, 0.25) is 0 Å². The highest BCUT2D eigenvalue weighted by atomic mass is 32.1. The summed E-state index contributed by atoms with van der Waals surface area (Å²) in [6.45, 7) is 7.06. The molecule has 0 spiro atoms. The minimum Gasteiger partial charge on any atom is -0.492 e. The molecule has 0 amide bonds. The van der Waals surface area contributed by atoms with E-state index in [0.29, 0.717) is 13.3 Å². The van der Waals surface area contributed by atoms with E-state index in [9.17, 15) is 0 Å². The molecule has 3 aromatic rings. The zero-order valence-corrected chi connectivity index (χ0v) is 17.5. The number of ether oxygens (including phenoxy) is 1. The van der Waals surface area contributed by atoms with Gasteiger partial charge in [0.05, 0.1) is 6.67 Å². The van der Waals surface area contributed by atoms with E-state index in [1.807, 2.05) is 42.1 Å². The Morgan fingerprint density at radius 2 is 1.96 bits per heavy atom. The Balaban J connectivity index is 1.67. The molecule has 148 valence electrons. The Kier molecular flexibility index (Phi) is 6.95. The number of hydrogen-bond donors (Lipinski definition) is 0. The summed E-state index contributed by atoms with van der Waals surface area (Å²) >= 11 is 5.69. The Bertz CT molecular complexity index is 951. The van der Waals surface area contributed by atoms with Gasteiger partial charge in [-0.05, 0) is 62.4 Å². The quantitative estimate of drug-likeness (QED) is 0.507. The Labute approximate surface area is 171 Å². The van der Waals surface area contributed by atoms with Crippen LogP contribution in [0.25, 0.3) is 11.4 Å². The van der Waals surface area contributed by atoms with Crippen molar-refractivity contribution >= 4 is 12.2 Å². The van der Waals surface area contributed by atoms with Gasteiger partial charge in [-0.25, -0.2) is 4.68 Å². The maximum atomic E-state index is 5.85. The first-order chi connectivity index (χ1) is 13.6. The second kappa shape index (κ2) is 9.61. The first-order valence-corrected chi connectivity index (χ1v) is 9.95. The zero-order chi connectivity index (χ0) is 19.9. The third-order valence-corrected chi connectivity index (χ3v) is 4.85. The summed E-state index contributed by atoms with van der Waals surface area (Å²) in [5.74, 6) is 1.79. The molecule has 0 saturated carbocycles. The number of rotatable bonds is 9. The van der Waals surface area contributed by atoms with Crippen molar-refractivity contribution < 1.29 is 4.74 Å². The summed E-state index contributed by atoms with van der Waals surface area (Å²) in [6, 6.07) is 12.0. The van der Waals surface area contributed by atoms with Gasteiger partial charge in [-0.15, -0.1) is 0 Å². The molecule has 28 heavy (non-hydrogen) atoms. The van der Waals surface area contributed by atoms with E-state index in [1.165, 1.54) is 5.56 Å². The summed E-state index contributed by atoms with van der Waals surface area (Å²) in [6.07, 6.45) is 4.56. The molecule has 6 nitrogen and oxygen atoms in total. The zero-order valence-electron chi connectivity index (χ0n) is 16.7.